The number of nitro groups is 1. The summed E-state index contributed by atoms with van der Waals surface area (Å²) in [6, 6.07) is 14.8. The van der Waals surface area contributed by atoms with Gasteiger partial charge in [0.15, 0.2) is 5.69 Å². The molecule has 2 aromatic carbocycles. The fraction of sp³-hybridized carbons (Fsp3) is 0.250. The van der Waals surface area contributed by atoms with Crippen LogP contribution in [0.25, 0.3) is 11.0 Å². The highest BCUT2D eigenvalue weighted by Gasteiger charge is 2.34. The Morgan fingerprint density at radius 2 is 1.73 bits per heavy atom. The van der Waals surface area contributed by atoms with Crippen LogP contribution in [0.5, 0.6) is 5.75 Å². The molecule has 10 nitrogen and oxygen atoms in total. The normalized spacial score (nSPS) is 14.6. The summed E-state index contributed by atoms with van der Waals surface area (Å²) in [5.41, 5.74) is 0.740. The Morgan fingerprint density at radius 1 is 1.05 bits per heavy atom. The molecule has 1 atom stereocenters. The highest BCUT2D eigenvalue weighted by atomic mass is 19.1. The van der Waals surface area contributed by atoms with Crippen molar-refractivity contribution in [1.82, 2.24) is 14.5 Å². The first-order valence-electron chi connectivity index (χ1n) is 12.4. The van der Waals surface area contributed by atoms with Crippen molar-refractivity contribution in [2.24, 2.45) is 7.05 Å². The molecule has 1 aliphatic rings. The van der Waals surface area contributed by atoms with Gasteiger partial charge in [0.2, 0.25) is 0 Å². The van der Waals surface area contributed by atoms with Crippen LogP contribution >= 0.6 is 0 Å². The Labute approximate surface area is 227 Å². The molecule has 204 valence electrons. The molecule has 0 saturated carbocycles. The van der Waals surface area contributed by atoms with Crippen molar-refractivity contribution in [3.8, 4) is 11.8 Å². The second kappa shape index (κ2) is 10.7. The zero-order chi connectivity index (χ0) is 28.6. The number of pyridine rings is 2. The van der Waals surface area contributed by atoms with Gasteiger partial charge in [0.25, 0.3) is 0 Å². The summed E-state index contributed by atoms with van der Waals surface area (Å²) in [7, 11) is 2.87. The fourth-order valence-corrected chi connectivity index (χ4v) is 5.25. The quantitative estimate of drug-likeness (QED) is 0.264. The zero-order valence-corrected chi connectivity index (χ0v) is 21.7. The van der Waals surface area contributed by atoms with Gasteiger partial charge in [-0.05, 0) is 35.9 Å². The van der Waals surface area contributed by atoms with Crippen LogP contribution in [0.2, 0.25) is 0 Å². The number of fused-ring (bicyclic) bond motifs is 1. The molecule has 0 unspecified atom stereocenters. The van der Waals surface area contributed by atoms with Crippen LogP contribution in [0.15, 0.2) is 59.4 Å². The average Bonchev–Trinajstić information content (AvgIpc) is 2.96. The summed E-state index contributed by atoms with van der Waals surface area (Å²) >= 11 is 0. The number of nitrogens with zero attached hydrogens (tertiary/aromatic N) is 6. The number of aryl methyl sites for hydroxylation is 1. The van der Waals surface area contributed by atoms with Gasteiger partial charge in [0, 0.05) is 44.9 Å². The van der Waals surface area contributed by atoms with Gasteiger partial charge in [-0.25, -0.2) is 13.8 Å². The standard InChI is InChI=1S/C28H24F2N6O4/c1-33-22-10-8-20(16-31)32-24(22)26(27(28(33)37)36(38)39)35-13-11-34(12-14-35)25(17-3-5-18(29)6-4-17)21-9-7-19(30)15-23(21)40-2/h3-10,15,25H,11-14H2,1-2H3/t25-/m0/s1. The van der Waals surface area contributed by atoms with Crippen LogP contribution in [-0.4, -0.2) is 52.7 Å². The lowest BCUT2D eigenvalue weighted by molar-refractivity contribution is -0.385. The first kappa shape index (κ1) is 26.7. The number of piperazine rings is 1. The van der Waals surface area contributed by atoms with Crippen LogP contribution in [0.4, 0.5) is 20.2 Å². The van der Waals surface area contributed by atoms with Crippen molar-refractivity contribution in [2.75, 3.05) is 38.2 Å². The van der Waals surface area contributed by atoms with Gasteiger partial charge in [-0.2, -0.15) is 5.26 Å². The SMILES string of the molecule is COc1cc(F)ccc1[C@H](c1ccc(F)cc1)N1CCN(c2c([N+](=O)[O-])c(=O)n(C)c3ccc(C#N)nc23)CC1. The third-order valence-electron chi connectivity index (χ3n) is 7.16. The summed E-state index contributed by atoms with van der Waals surface area (Å²) in [5.74, 6) is -0.525. The molecule has 1 saturated heterocycles. The minimum atomic E-state index is -0.776. The maximum Gasteiger partial charge on any atom is 0.359 e. The van der Waals surface area contributed by atoms with Gasteiger partial charge in [-0.1, -0.05) is 18.2 Å². The molecular formula is C28H24F2N6O4. The Hall–Kier alpha value is -4.89. The Kier molecular flexibility index (Phi) is 7.15. The number of nitriles is 1. The molecule has 0 N–H and O–H groups in total. The van der Waals surface area contributed by atoms with E-state index in [9.17, 15) is 29.0 Å². The maximum absolute atomic E-state index is 14.0. The van der Waals surface area contributed by atoms with Gasteiger partial charge >= 0.3 is 11.2 Å². The fourth-order valence-electron chi connectivity index (χ4n) is 5.25. The topological polar surface area (TPSA) is 118 Å². The number of ether oxygens (including phenoxy) is 1. The van der Waals surface area contributed by atoms with Crippen LogP contribution in [0.3, 0.4) is 0 Å². The first-order valence-corrected chi connectivity index (χ1v) is 12.4. The minimum Gasteiger partial charge on any atom is -0.496 e. The Morgan fingerprint density at radius 3 is 2.35 bits per heavy atom. The van der Waals surface area contributed by atoms with Crippen molar-refractivity contribution < 1.29 is 18.4 Å². The van der Waals surface area contributed by atoms with E-state index in [2.05, 4.69) is 9.88 Å². The van der Waals surface area contributed by atoms with Crippen molar-refractivity contribution in [2.45, 2.75) is 6.04 Å². The van der Waals surface area contributed by atoms with Crippen LogP contribution < -0.4 is 15.2 Å². The number of hydrogen-bond acceptors (Lipinski definition) is 8. The van der Waals surface area contributed by atoms with Gasteiger partial charge in [-0.15, -0.1) is 0 Å². The van der Waals surface area contributed by atoms with Crippen LogP contribution in [0.1, 0.15) is 22.9 Å². The van der Waals surface area contributed by atoms with Crippen molar-refractivity contribution in [1.29, 1.82) is 5.26 Å². The summed E-state index contributed by atoms with van der Waals surface area (Å²) < 4.78 is 34.4. The molecule has 4 aromatic rings. The average molecular weight is 547 g/mol. The molecule has 3 heterocycles. The molecule has 0 radical (unpaired) electrons. The van der Waals surface area contributed by atoms with Crippen LogP contribution in [0, 0.1) is 33.1 Å². The Bertz CT molecular complexity index is 1710. The van der Waals surface area contributed by atoms with E-state index in [4.69, 9.17) is 4.74 Å². The molecule has 0 aliphatic carbocycles. The number of anilines is 1. The van der Waals surface area contributed by atoms with E-state index in [0.717, 1.165) is 10.1 Å². The number of aromatic nitrogens is 2. The molecule has 5 rings (SSSR count). The monoisotopic (exact) mass is 546 g/mol. The van der Waals surface area contributed by atoms with E-state index in [1.807, 2.05) is 6.07 Å². The van der Waals surface area contributed by atoms with Gasteiger partial charge in [0.05, 0.1) is 23.6 Å². The number of halogens is 2. The lowest BCUT2D eigenvalue weighted by Crippen LogP contribution is -2.48. The maximum atomic E-state index is 14.0. The van der Waals surface area contributed by atoms with E-state index >= 15 is 0 Å². The largest absolute Gasteiger partial charge is 0.496 e. The van der Waals surface area contributed by atoms with Crippen molar-refractivity contribution in [3.63, 3.8) is 0 Å². The van der Waals surface area contributed by atoms with E-state index < -0.39 is 33.8 Å². The van der Waals surface area contributed by atoms with Gasteiger partial charge in [-0.3, -0.25) is 19.8 Å². The lowest BCUT2D eigenvalue weighted by atomic mass is 9.95. The van der Waals surface area contributed by atoms with E-state index in [1.54, 1.807) is 29.2 Å². The molecular weight excluding hydrogens is 522 g/mol. The number of benzene rings is 2. The second-order valence-electron chi connectivity index (χ2n) is 9.36. The predicted molar refractivity (Wildman–Crippen MR) is 143 cm³/mol. The molecule has 2 aromatic heterocycles. The highest BCUT2D eigenvalue weighted by molar-refractivity contribution is 5.94. The third kappa shape index (κ3) is 4.71. The van der Waals surface area contributed by atoms with E-state index in [1.165, 1.54) is 44.5 Å². The molecule has 1 aliphatic heterocycles. The predicted octanol–water partition coefficient (Wildman–Crippen LogP) is 3.91. The smallest absolute Gasteiger partial charge is 0.359 e. The summed E-state index contributed by atoms with van der Waals surface area (Å²) in [6.45, 7) is 1.33. The summed E-state index contributed by atoms with van der Waals surface area (Å²) in [6.07, 6.45) is 0. The number of methoxy groups -OCH3 is 1. The number of hydrogen-bond donors (Lipinski definition) is 0. The summed E-state index contributed by atoms with van der Waals surface area (Å²) in [4.78, 5) is 32.6. The Balaban J connectivity index is 1.57. The van der Waals surface area contributed by atoms with Crippen molar-refractivity contribution in [3.05, 3.63) is 104 Å². The molecule has 1 fully saturated rings. The molecule has 0 bridgehead atoms. The highest BCUT2D eigenvalue weighted by Crippen LogP contribution is 2.38. The minimum absolute atomic E-state index is 0.0672. The number of rotatable bonds is 6. The van der Waals surface area contributed by atoms with Crippen LogP contribution in [-0.2, 0) is 7.05 Å². The zero-order valence-electron chi connectivity index (χ0n) is 21.7. The third-order valence-corrected chi connectivity index (χ3v) is 7.16. The van der Waals surface area contributed by atoms with E-state index in [0.29, 0.717) is 29.9 Å². The van der Waals surface area contributed by atoms with E-state index in [-0.39, 0.29) is 30.0 Å². The van der Waals surface area contributed by atoms with Crippen molar-refractivity contribution >= 4 is 22.4 Å². The molecule has 40 heavy (non-hydrogen) atoms. The molecule has 12 heteroatoms. The van der Waals surface area contributed by atoms with Gasteiger partial charge < -0.3 is 14.2 Å². The molecule has 0 amide bonds. The summed E-state index contributed by atoms with van der Waals surface area (Å²) in [5, 5.41) is 21.5. The van der Waals surface area contributed by atoms with Gasteiger partial charge in [0.1, 0.15) is 34.7 Å². The molecule has 0 spiro atoms. The lowest BCUT2D eigenvalue weighted by Gasteiger charge is -2.40. The first-order chi connectivity index (χ1) is 19.2. The second-order valence-corrected chi connectivity index (χ2v) is 9.36.